The van der Waals surface area contributed by atoms with Crippen LogP contribution in [0.5, 0.6) is 0 Å². The van der Waals surface area contributed by atoms with E-state index in [9.17, 15) is 0 Å². The fourth-order valence-corrected chi connectivity index (χ4v) is 0. The van der Waals surface area contributed by atoms with Crippen molar-refractivity contribution in [3.05, 3.63) is 0 Å². The van der Waals surface area contributed by atoms with Gasteiger partial charge >= 0.3 is 35.7 Å². The van der Waals surface area contributed by atoms with E-state index in [1.54, 1.807) is 6.92 Å². The van der Waals surface area contributed by atoms with Crippen molar-refractivity contribution < 1.29 is 49.7 Å². The molecule has 0 aliphatic rings. The standard InChI is InChI=1S/C2H5O.CH2O3.Na/c1-2-3;2-1(3)4;/h2H2,1H3;(H2,2,3,4);/q-1;;+1. The average molecular weight is 130 g/mol. The minimum absolute atomic E-state index is 0. The summed E-state index contributed by atoms with van der Waals surface area (Å²) in [6.45, 7) is 1.57. The van der Waals surface area contributed by atoms with Crippen molar-refractivity contribution in [1.82, 2.24) is 0 Å². The second-order valence-electron chi connectivity index (χ2n) is 0.571. The predicted octanol–water partition coefficient (Wildman–Crippen LogP) is -3.41. The Balaban J connectivity index is -0.0000000575. The Labute approximate surface area is 69.4 Å². The van der Waals surface area contributed by atoms with Crippen LogP contribution in [0.2, 0.25) is 0 Å². The van der Waals surface area contributed by atoms with E-state index in [1.807, 2.05) is 0 Å². The SMILES string of the molecule is CC[O-].O=C(O)O.[Na+]. The van der Waals surface area contributed by atoms with Crippen LogP contribution in [0.1, 0.15) is 6.92 Å². The van der Waals surface area contributed by atoms with Gasteiger partial charge in [0, 0.05) is 0 Å². The molecule has 0 aliphatic carbocycles. The molecule has 2 N–H and O–H groups in total. The van der Waals surface area contributed by atoms with Gasteiger partial charge in [-0.1, -0.05) is 6.92 Å². The van der Waals surface area contributed by atoms with Crippen molar-refractivity contribution >= 4 is 6.16 Å². The summed E-state index contributed by atoms with van der Waals surface area (Å²) >= 11 is 0. The largest absolute Gasteiger partial charge is 1.00 e. The van der Waals surface area contributed by atoms with Crippen LogP contribution in [-0.4, -0.2) is 23.0 Å². The van der Waals surface area contributed by atoms with Crippen LogP contribution in [0.3, 0.4) is 0 Å². The van der Waals surface area contributed by atoms with Crippen molar-refractivity contribution in [1.29, 1.82) is 0 Å². The van der Waals surface area contributed by atoms with Gasteiger partial charge in [0.1, 0.15) is 0 Å². The molecule has 0 bridgehead atoms. The predicted molar refractivity (Wildman–Crippen MR) is 21.2 cm³/mol. The van der Waals surface area contributed by atoms with Gasteiger partial charge in [0.25, 0.3) is 0 Å². The zero-order valence-electron chi connectivity index (χ0n) is 4.92. The molecule has 0 aliphatic heterocycles. The average Bonchev–Trinajstić information content (AvgIpc) is 1.33. The monoisotopic (exact) mass is 130 g/mol. The maximum atomic E-state index is 8.93. The molecule has 0 amide bonds. The Morgan fingerprint density at radius 1 is 1.62 bits per heavy atom. The molecule has 0 saturated carbocycles. The van der Waals surface area contributed by atoms with Crippen molar-refractivity contribution in [2.24, 2.45) is 0 Å². The van der Waals surface area contributed by atoms with Crippen molar-refractivity contribution in [2.45, 2.75) is 6.92 Å². The quantitative estimate of drug-likeness (QED) is 0.335. The minimum atomic E-state index is -1.83. The molecule has 0 saturated heterocycles. The van der Waals surface area contributed by atoms with E-state index in [2.05, 4.69) is 0 Å². The van der Waals surface area contributed by atoms with Gasteiger partial charge in [-0.3, -0.25) is 0 Å². The molecule has 44 valence electrons. The molecule has 8 heavy (non-hydrogen) atoms. The zero-order valence-corrected chi connectivity index (χ0v) is 6.92. The summed E-state index contributed by atoms with van der Waals surface area (Å²) in [5, 5.41) is 22.9. The molecule has 0 spiro atoms. The number of carboxylic acid groups (broad SMARTS) is 2. The van der Waals surface area contributed by atoms with Gasteiger partial charge in [-0.05, 0) is 0 Å². The van der Waals surface area contributed by atoms with Crippen LogP contribution in [0.15, 0.2) is 0 Å². The first-order chi connectivity index (χ1) is 3.15. The van der Waals surface area contributed by atoms with E-state index in [0.717, 1.165) is 0 Å². The van der Waals surface area contributed by atoms with E-state index in [0.29, 0.717) is 0 Å². The van der Waals surface area contributed by atoms with Crippen LogP contribution < -0.4 is 34.7 Å². The van der Waals surface area contributed by atoms with Gasteiger partial charge in [-0.25, -0.2) is 4.79 Å². The molecule has 0 aromatic rings. The van der Waals surface area contributed by atoms with Crippen molar-refractivity contribution in [2.75, 3.05) is 6.61 Å². The molecule has 0 atom stereocenters. The minimum Gasteiger partial charge on any atom is -0.855 e. The van der Waals surface area contributed by atoms with Gasteiger partial charge in [-0.2, -0.15) is 0 Å². The first-order valence-electron chi connectivity index (χ1n) is 1.65. The molecule has 5 heteroatoms. The van der Waals surface area contributed by atoms with Crippen LogP contribution in [0.4, 0.5) is 4.79 Å². The van der Waals surface area contributed by atoms with Crippen LogP contribution in [0, 0.1) is 0 Å². The summed E-state index contributed by atoms with van der Waals surface area (Å²) in [5.74, 6) is 0. The Hall–Kier alpha value is 0.230. The van der Waals surface area contributed by atoms with Gasteiger partial charge in [0.2, 0.25) is 0 Å². The third kappa shape index (κ3) is 3220. The summed E-state index contributed by atoms with van der Waals surface area (Å²) in [7, 11) is 0. The Morgan fingerprint density at radius 2 is 1.62 bits per heavy atom. The number of hydrogen-bond acceptors (Lipinski definition) is 2. The van der Waals surface area contributed by atoms with Crippen molar-refractivity contribution in [3.63, 3.8) is 0 Å². The van der Waals surface area contributed by atoms with Gasteiger partial charge in [0.15, 0.2) is 0 Å². The maximum Gasteiger partial charge on any atom is 1.00 e. The number of hydrogen-bond donors (Lipinski definition) is 2. The Morgan fingerprint density at radius 3 is 1.62 bits per heavy atom. The molecule has 0 fully saturated rings. The Kier molecular flexibility index (Phi) is 30.8. The first-order valence-corrected chi connectivity index (χ1v) is 1.65. The zero-order chi connectivity index (χ0) is 6.28. The van der Waals surface area contributed by atoms with E-state index >= 15 is 0 Å². The third-order valence-electron chi connectivity index (χ3n) is 0. The second-order valence-corrected chi connectivity index (χ2v) is 0.571. The van der Waals surface area contributed by atoms with Crippen LogP contribution in [0.25, 0.3) is 0 Å². The summed E-state index contributed by atoms with van der Waals surface area (Å²) in [5.41, 5.74) is 0. The smallest absolute Gasteiger partial charge is 0.855 e. The van der Waals surface area contributed by atoms with Gasteiger partial charge in [0.05, 0.1) is 0 Å². The Bertz CT molecular complexity index is 42.5. The summed E-state index contributed by atoms with van der Waals surface area (Å²) < 4.78 is 0. The molecule has 0 rings (SSSR count). The summed E-state index contributed by atoms with van der Waals surface area (Å²) in [6.07, 6.45) is -1.83. The van der Waals surface area contributed by atoms with Gasteiger partial charge in [-0.15, -0.1) is 6.61 Å². The molecular formula is C3H7NaO4. The topological polar surface area (TPSA) is 80.6 Å². The van der Waals surface area contributed by atoms with E-state index in [-0.39, 0.29) is 36.2 Å². The van der Waals surface area contributed by atoms with E-state index in [4.69, 9.17) is 20.1 Å². The second kappa shape index (κ2) is 15.7. The molecule has 0 aromatic heterocycles. The molecule has 0 aromatic carbocycles. The normalized spacial score (nSPS) is 5.25. The number of rotatable bonds is 0. The molecule has 4 nitrogen and oxygen atoms in total. The summed E-state index contributed by atoms with van der Waals surface area (Å²) in [4.78, 5) is 8.56. The van der Waals surface area contributed by atoms with Crippen molar-refractivity contribution in [3.8, 4) is 0 Å². The van der Waals surface area contributed by atoms with E-state index in [1.165, 1.54) is 0 Å². The molecule has 0 heterocycles. The first kappa shape index (κ1) is 15.7. The summed E-state index contributed by atoms with van der Waals surface area (Å²) in [6, 6.07) is 0. The molecular weight excluding hydrogens is 123 g/mol. The van der Waals surface area contributed by atoms with Gasteiger partial charge < -0.3 is 15.3 Å². The number of carbonyl (C=O) groups is 1. The van der Waals surface area contributed by atoms with Crippen LogP contribution in [-0.2, 0) is 0 Å². The fraction of sp³-hybridized carbons (Fsp3) is 0.667. The maximum absolute atomic E-state index is 8.93. The molecule has 0 unspecified atom stereocenters. The van der Waals surface area contributed by atoms with E-state index < -0.39 is 6.16 Å². The third-order valence-corrected chi connectivity index (χ3v) is 0. The van der Waals surface area contributed by atoms with Crippen LogP contribution >= 0.6 is 0 Å². The molecule has 0 radical (unpaired) electrons. The fourth-order valence-electron chi connectivity index (χ4n) is 0.